The first kappa shape index (κ1) is 18.5. The molecule has 24 heavy (non-hydrogen) atoms. The number of aryl methyl sites for hydroxylation is 1. The summed E-state index contributed by atoms with van der Waals surface area (Å²) in [6.07, 6.45) is 2.08. The Morgan fingerprint density at radius 1 is 1.25 bits per heavy atom. The predicted molar refractivity (Wildman–Crippen MR) is 93.7 cm³/mol. The van der Waals surface area contributed by atoms with Crippen LogP contribution in [0.25, 0.3) is 0 Å². The van der Waals surface area contributed by atoms with Gasteiger partial charge in [-0.3, -0.25) is 9.59 Å². The zero-order chi connectivity index (χ0) is 17.5. The summed E-state index contributed by atoms with van der Waals surface area (Å²) in [7, 11) is 1.61. The number of carbonyl (C=O) groups excluding carboxylic acids is 2. The maximum atomic E-state index is 12.7. The second kappa shape index (κ2) is 8.83. The number of rotatable bonds is 6. The number of hydrogen-bond acceptors (Lipinski definition) is 3. The first-order valence-corrected chi connectivity index (χ1v) is 8.63. The van der Waals surface area contributed by atoms with E-state index in [0.29, 0.717) is 26.1 Å². The molecule has 1 aromatic carbocycles. The number of amides is 2. The summed E-state index contributed by atoms with van der Waals surface area (Å²) in [5, 5.41) is 2.88. The van der Waals surface area contributed by atoms with Crippen molar-refractivity contribution in [1.29, 1.82) is 0 Å². The number of ether oxygens (including phenoxy) is 1. The quantitative estimate of drug-likeness (QED) is 0.810. The van der Waals surface area contributed by atoms with Gasteiger partial charge >= 0.3 is 0 Å². The summed E-state index contributed by atoms with van der Waals surface area (Å²) < 4.78 is 4.95. The maximum absolute atomic E-state index is 12.7. The van der Waals surface area contributed by atoms with Crippen LogP contribution in [0.5, 0.6) is 0 Å². The molecule has 1 aliphatic rings. The molecule has 1 saturated heterocycles. The lowest BCUT2D eigenvalue weighted by Crippen LogP contribution is -2.50. The van der Waals surface area contributed by atoms with Gasteiger partial charge < -0.3 is 15.0 Å². The normalized spacial score (nSPS) is 20.7. The van der Waals surface area contributed by atoms with Gasteiger partial charge in [-0.15, -0.1) is 0 Å². The molecule has 0 bridgehead atoms. The average molecular weight is 332 g/mol. The highest BCUT2D eigenvalue weighted by molar-refractivity contribution is 5.82. The molecule has 1 N–H and O–H groups in total. The Morgan fingerprint density at radius 2 is 1.96 bits per heavy atom. The Morgan fingerprint density at radius 3 is 2.62 bits per heavy atom. The first-order valence-electron chi connectivity index (χ1n) is 8.63. The molecule has 5 heteroatoms. The van der Waals surface area contributed by atoms with Gasteiger partial charge in [0.05, 0.1) is 18.9 Å². The van der Waals surface area contributed by atoms with E-state index in [1.807, 2.05) is 36.1 Å². The van der Waals surface area contributed by atoms with E-state index >= 15 is 0 Å². The Bertz CT molecular complexity index is 556. The lowest BCUT2D eigenvalue weighted by Gasteiger charge is -2.37. The molecule has 1 fully saturated rings. The van der Waals surface area contributed by atoms with Crippen LogP contribution in [0.2, 0.25) is 0 Å². The van der Waals surface area contributed by atoms with Crippen LogP contribution in [0.15, 0.2) is 24.3 Å². The van der Waals surface area contributed by atoms with E-state index in [0.717, 1.165) is 18.4 Å². The van der Waals surface area contributed by atoms with Crippen LogP contribution >= 0.6 is 0 Å². The van der Waals surface area contributed by atoms with Crippen molar-refractivity contribution >= 4 is 11.8 Å². The van der Waals surface area contributed by atoms with Crippen molar-refractivity contribution in [3.8, 4) is 0 Å². The number of hydrogen-bond donors (Lipinski definition) is 1. The van der Waals surface area contributed by atoms with Gasteiger partial charge in [0, 0.05) is 26.2 Å². The van der Waals surface area contributed by atoms with Gasteiger partial charge in [0.2, 0.25) is 11.8 Å². The van der Waals surface area contributed by atoms with Crippen molar-refractivity contribution < 1.29 is 14.3 Å². The number of piperidine rings is 1. The lowest BCUT2D eigenvalue weighted by molar-refractivity contribution is -0.137. The molecule has 1 aromatic rings. The molecule has 1 heterocycles. The summed E-state index contributed by atoms with van der Waals surface area (Å²) in [5.41, 5.74) is 2.20. The van der Waals surface area contributed by atoms with Gasteiger partial charge in [-0.05, 0) is 32.3 Å². The zero-order valence-corrected chi connectivity index (χ0v) is 14.9. The molecule has 0 radical (unpaired) electrons. The van der Waals surface area contributed by atoms with Crippen LogP contribution in [0.4, 0.5) is 0 Å². The monoisotopic (exact) mass is 332 g/mol. The molecule has 2 rings (SSSR count). The van der Waals surface area contributed by atoms with Gasteiger partial charge in [0.15, 0.2) is 0 Å². The lowest BCUT2D eigenvalue weighted by atomic mass is 9.92. The molecule has 5 nitrogen and oxygen atoms in total. The van der Waals surface area contributed by atoms with E-state index in [1.165, 1.54) is 5.56 Å². The second-order valence-electron chi connectivity index (χ2n) is 6.62. The molecular formula is C19H28N2O3. The predicted octanol–water partition coefficient (Wildman–Crippen LogP) is 1.93. The van der Waals surface area contributed by atoms with Gasteiger partial charge in [0.25, 0.3) is 0 Å². The van der Waals surface area contributed by atoms with Crippen molar-refractivity contribution in [2.75, 3.05) is 26.8 Å². The topological polar surface area (TPSA) is 58.6 Å². The minimum Gasteiger partial charge on any atom is -0.383 e. The van der Waals surface area contributed by atoms with E-state index in [2.05, 4.69) is 12.2 Å². The molecular weight excluding hydrogens is 304 g/mol. The van der Waals surface area contributed by atoms with E-state index in [-0.39, 0.29) is 23.8 Å². The van der Waals surface area contributed by atoms with Crippen molar-refractivity contribution in [3.05, 3.63) is 35.4 Å². The highest BCUT2D eigenvalue weighted by Gasteiger charge is 2.32. The Kier molecular flexibility index (Phi) is 6.79. The number of carbonyl (C=O) groups is 2. The molecule has 2 unspecified atom stereocenters. The third-order valence-corrected chi connectivity index (χ3v) is 4.65. The first-order chi connectivity index (χ1) is 11.5. The van der Waals surface area contributed by atoms with Crippen LogP contribution in [0, 0.1) is 12.8 Å². The van der Waals surface area contributed by atoms with Crippen LogP contribution in [0.1, 0.15) is 30.9 Å². The summed E-state index contributed by atoms with van der Waals surface area (Å²) in [6, 6.07) is 8.22. The third kappa shape index (κ3) is 5.06. The number of nitrogens with one attached hydrogen (secondary N) is 1. The van der Waals surface area contributed by atoms with Gasteiger partial charge in [-0.1, -0.05) is 29.8 Å². The number of nitrogens with zero attached hydrogens (tertiary/aromatic N) is 1. The Labute approximate surface area is 144 Å². The fourth-order valence-corrected chi connectivity index (χ4v) is 3.07. The number of likely N-dealkylation sites (tertiary alicyclic amines) is 1. The number of benzene rings is 1. The summed E-state index contributed by atoms with van der Waals surface area (Å²) in [5.74, 6) is -0.00662. The Balaban J connectivity index is 1.93. The van der Waals surface area contributed by atoms with Crippen molar-refractivity contribution in [2.24, 2.45) is 5.92 Å². The third-order valence-electron chi connectivity index (χ3n) is 4.65. The fraction of sp³-hybridized carbons (Fsp3) is 0.579. The molecule has 0 saturated carbocycles. The molecule has 0 spiro atoms. The van der Waals surface area contributed by atoms with E-state index in [9.17, 15) is 9.59 Å². The van der Waals surface area contributed by atoms with Gasteiger partial charge in [-0.25, -0.2) is 0 Å². The van der Waals surface area contributed by atoms with Crippen LogP contribution in [0.3, 0.4) is 0 Å². The molecule has 0 aromatic heterocycles. The van der Waals surface area contributed by atoms with Crippen LogP contribution in [-0.4, -0.2) is 49.6 Å². The van der Waals surface area contributed by atoms with Crippen molar-refractivity contribution in [3.63, 3.8) is 0 Å². The highest BCUT2D eigenvalue weighted by Crippen LogP contribution is 2.23. The summed E-state index contributed by atoms with van der Waals surface area (Å²) >= 11 is 0. The second-order valence-corrected chi connectivity index (χ2v) is 6.62. The maximum Gasteiger partial charge on any atom is 0.227 e. The van der Waals surface area contributed by atoms with E-state index < -0.39 is 0 Å². The molecule has 132 valence electrons. The van der Waals surface area contributed by atoms with Crippen LogP contribution in [-0.2, 0) is 20.7 Å². The molecule has 2 atom stereocenters. The van der Waals surface area contributed by atoms with E-state index in [1.54, 1.807) is 7.11 Å². The SMILES string of the molecule is COCCNC(=O)C1CCC(C)N(C(=O)Cc2ccc(C)cc2)C1. The standard InChI is InChI=1S/C19H28N2O3/c1-14-4-7-16(8-5-14)12-18(22)21-13-17(9-6-15(21)2)19(23)20-10-11-24-3/h4-5,7-8,15,17H,6,9-13H2,1-3H3,(H,20,23). The molecule has 2 amide bonds. The zero-order valence-electron chi connectivity index (χ0n) is 14.9. The van der Waals surface area contributed by atoms with E-state index in [4.69, 9.17) is 4.74 Å². The van der Waals surface area contributed by atoms with Gasteiger partial charge in [-0.2, -0.15) is 0 Å². The average Bonchev–Trinajstić information content (AvgIpc) is 2.57. The summed E-state index contributed by atoms with van der Waals surface area (Å²) in [6.45, 7) is 5.62. The number of methoxy groups -OCH3 is 1. The van der Waals surface area contributed by atoms with Crippen molar-refractivity contribution in [2.45, 2.75) is 39.2 Å². The largest absolute Gasteiger partial charge is 0.383 e. The smallest absolute Gasteiger partial charge is 0.227 e. The van der Waals surface area contributed by atoms with Gasteiger partial charge in [0.1, 0.15) is 0 Å². The van der Waals surface area contributed by atoms with Crippen LogP contribution < -0.4 is 5.32 Å². The molecule has 0 aliphatic carbocycles. The summed E-state index contributed by atoms with van der Waals surface area (Å²) in [4.78, 5) is 26.8. The fourth-order valence-electron chi connectivity index (χ4n) is 3.07. The minimum absolute atomic E-state index is 0.0204. The molecule has 1 aliphatic heterocycles. The highest BCUT2D eigenvalue weighted by atomic mass is 16.5. The Hall–Kier alpha value is -1.88. The minimum atomic E-state index is -0.125. The van der Waals surface area contributed by atoms with Crippen molar-refractivity contribution in [1.82, 2.24) is 10.2 Å².